The highest BCUT2D eigenvalue weighted by atomic mass is 19.2. The number of hydrogen-bond acceptors (Lipinski definition) is 7. The fraction of sp³-hybridized carbons (Fsp3) is 0.250. The van der Waals surface area contributed by atoms with Crippen LogP contribution in [-0.2, 0) is 14.4 Å². The number of rotatable bonds is 6. The van der Waals surface area contributed by atoms with Gasteiger partial charge in [-0.05, 0) is 43.3 Å². The predicted molar refractivity (Wildman–Crippen MR) is 104 cm³/mol. The van der Waals surface area contributed by atoms with Crippen LogP contribution in [0.25, 0.3) is 0 Å². The molecule has 0 bridgehead atoms. The molecule has 2 heterocycles. The van der Waals surface area contributed by atoms with Gasteiger partial charge in [-0.2, -0.15) is 5.11 Å². The van der Waals surface area contributed by atoms with Gasteiger partial charge in [0, 0.05) is 11.8 Å². The molecule has 0 aromatic heterocycles. The third kappa shape index (κ3) is 3.81. The highest BCUT2D eigenvalue weighted by molar-refractivity contribution is 6.25. The molecule has 1 saturated heterocycles. The predicted octanol–water partition coefficient (Wildman–Crippen LogP) is 2.30. The lowest BCUT2D eigenvalue weighted by Gasteiger charge is -2.20. The van der Waals surface area contributed by atoms with Crippen LogP contribution in [0.4, 0.5) is 20.2 Å². The standard InChI is InChI=1S/C20H17F2N5O4/c1-2-31-13-6-3-11(4-7-13)23-16(28)10-26-18-17(24-25-26)19(29)27(20(18)30)12-5-8-14(21)15(22)9-12/h3-9,17-18H,2,10H2,1H3,(H,23,28)/t17-,18+/m1/s1. The Bertz CT molecular complexity index is 1080. The number of halogens is 2. The van der Waals surface area contributed by atoms with Crippen molar-refractivity contribution in [3.8, 4) is 5.75 Å². The Kier molecular flexibility index (Phi) is 5.32. The van der Waals surface area contributed by atoms with Crippen LogP contribution in [0.2, 0.25) is 0 Å². The first-order chi connectivity index (χ1) is 14.9. The van der Waals surface area contributed by atoms with Gasteiger partial charge < -0.3 is 10.1 Å². The van der Waals surface area contributed by atoms with Crippen LogP contribution in [0.3, 0.4) is 0 Å². The van der Waals surface area contributed by atoms with E-state index in [0.717, 1.165) is 28.1 Å². The van der Waals surface area contributed by atoms with Gasteiger partial charge in [0.25, 0.3) is 11.8 Å². The lowest BCUT2D eigenvalue weighted by Crippen LogP contribution is -2.43. The van der Waals surface area contributed by atoms with E-state index in [4.69, 9.17) is 4.74 Å². The van der Waals surface area contributed by atoms with Crippen molar-refractivity contribution in [2.45, 2.75) is 19.0 Å². The first-order valence-electron chi connectivity index (χ1n) is 9.42. The minimum atomic E-state index is -1.19. The Morgan fingerprint density at radius 1 is 1.10 bits per heavy atom. The topological polar surface area (TPSA) is 104 Å². The second kappa shape index (κ2) is 8.09. The molecule has 1 N–H and O–H groups in total. The number of hydrogen-bond donors (Lipinski definition) is 1. The van der Waals surface area contributed by atoms with Gasteiger partial charge in [0.05, 0.1) is 12.3 Å². The van der Waals surface area contributed by atoms with Crippen molar-refractivity contribution < 1.29 is 27.9 Å². The molecule has 9 nitrogen and oxygen atoms in total. The highest BCUT2D eigenvalue weighted by Gasteiger charge is 2.55. The molecule has 3 amide bonds. The summed E-state index contributed by atoms with van der Waals surface area (Å²) in [6.07, 6.45) is 0. The molecule has 31 heavy (non-hydrogen) atoms. The normalized spacial score (nSPS) is 19.7. The molecule has 0 aliphatic carbocycles. The summed E-state index contributed by atoms with van der Waals surface area (Å²) in [6.45, 7) is 2.04. The van der Waals surface area contributed by atoms with Crippen LogP contribution in [-0.4, -0.2) is 48.0 Å². The molecule has 1 fully saturated rings. The lowest BCUT2D eigenvalue weighted by atomic mass is 10.1. The van der Waals surface area contributed by atoms with Gasteiger partial charge in [-0.25, -0.2) is 13.7 Å². The van der Waals surface area contributed by atoms with Crippen LogP contribution < -0.4 is 15.0 Å². The summed E-state index contributed by atoms with van der Waals surface area (Å²) in [5, 5.41) is 11.3. The third-order valence-corrected chi connectivity index (χ3v) is 4.77. The van der Waals surface area contributed by atoms with Crippen LogP contribution in [0.5, 0.6) is 5.75 Å². The molecule has 2 atom stereocenters. The summed E-state index contributed by atoms with van der Waals surface area (Å²) >= 11 is 0. The fourth-order valence-corrected chi connectivity index (χ4v) is 3.38. The maximum Gasteiger partial charge on any atom is 0.263 e. The number of nitrogens with zero attached hydrogens (tertiary/aromatic N) is 4. The van der Waals surface area contributed by atoms with Crippen molar-refractivity contribution in [2.75, 3.05) is 23.4 Å². The zero-order valence-electron chi connectivity index (χ0n) is 16.3. The zero-order chi connectivity index (χ0) is 22.1. The van der Waals surface area contributed by atoms with E-state index in [2.05, 4.69) is 15.7 Å². The van der Waals surface area contributed by atoms with Crippen molar-refractivity contribution >= 4 is 29.1 Å². The molecule has 0 unspecified atom stereocenters. The van der Waals surface area contributed by atoms with E-state index in [1.165, 1.54) is 0 Å². The summed E-state index contributed by atoms with van der Waals surface area (Å²) in [6, 6.07) is 7.13. The van der Waals surface area contributed by atoms with Gasteiger partial charge in [-0.3, -0.25) is 19.4 Å². The van der Waals surface area contributed by atoms with Crippen molar-refractivity contribution in [3.63, 3.8) is 0 Å². The van der Waals surface area contributed by atoms with Crippen molar-refractivity contribution in [2.24, 2.45) is 10.3 Å². The molecule has 0 radical (unpaired) electrons. The van der Waals surface area contributed by atoms with E-state index in [-0.39, 0.29) is 12.2 Å². The van der Waals surface area contributed by atoms with E-state index in [9.17, 15) is 23.2 Å². The van der Waals surface area contributed by atoms with Crippen LogP contribution in [0.1, 0.15) is 6.92 Å². The minimum Gasteiger partial charge on any atom is -0.494 e. The molecule has 2 aromatic rings. The lowest BCUT2D eigenvalue weighted by molar-refractivity contribution is -0.123. The van der Waals surface area contributed by atoms with Gasteiger partial charge >= 0.3 is 0 Å². The smallest absolute Gasteiger partial charge is 0.263 e. The average Bonchev–Trinajstić information content (AvgIpc) is 3.25. The molecule has 2 aromatic carbocycles. The SMILES string of the molecule is CCOc1ccc(NC(=O)CN2N=N[C@H]3C(=O)N(c4ccc(F)c(F)c4)C(=O)[C@H]32)cc1. The summed E-state index contributed by atoms with van der Waals surface area (Å²) in [7, 11) is 0. The van der Waals surface area contributed by atoms with E-state index in [1.807, 2.05) is 6.92 Å². The van der Waals surface area contributed by atoms with E-state index < -0.39 is 41.4 Å². The second-order valence-electron chi connectivity index (χ2n) is 6.81. The Labute approximate surface area is 175 Å². The van der Waals surface area contributed by atoms with Crippen molar-refractivity contribution in [1.29, 1.82) is 0 Å². The number of benzene rings is 2. The number of fused-ring (bicyclic) bond motifs is 1. The molecule has 2 aliphatic heterocycles. The Morgan fingerprint density at radius 2 is 1.84 bits per heavy atom. The van der Waals surface area contributed by atoms with E-state index in [0.29, 0.717) is 18.0 Å². The molecule has 0 spiro atoms. The first kappa shape index (κ1) is 20.4. The fourth-order valence-electron chi connectivity index (χ4n) is 3.38. The van der Waals surface area contributed by atoms with Gasteiger partial charge in [-0.15, -0.1) is 0 Å². The Hall–Kier alpha value is -3.89. The largest absolute Gasteiger partial charge is 0.494 e. The Morgan fingerprint density at radius 3 is 2.52 bits per heavy atom. The van der Waals surface area contributed by atoms with Crippen molar-refractivity contribution in [3.05, 3.63) is 54.1 Å². The molecule has 160 valence electrons. The van der Waals surface area contributed by atoms with Crippen LogP contribution in [0, 0.1) is 11.6 Å². The summed E-state index contributed by atoms with van der Waals surface area (Å²) in [5.74, 6) is -3.56. The number of ether oxygens (including phenoxy) is 1. The second-order valence-corrected chi connectivity index (χ2v) is 6.81. The molecule has 2 aliphatic rings. The van der Waals surface area contributed by atoms with E-state index in [1.54, 1.807) is 24.3 Å². The van der Waals surface area contributed by atoms with Crippen molar-refractivity contribution in [1.82, 2.24) is 5.01 Å². The molecule has 4 rings (SSSR count). The molecular weight excluding hydrogens is 412 g/mol. The highest BCUT2D eigenvalue weighted by Crippen LogP contribution is 2.32. The number of anilines is 2. The number of nitrogens with one attached hydrogen (secondary N) is 1. The number of carbonyl (C=O) groups excluding carboxylic acids is 3. The van der Waals surface area contributed by atoms with Crippen LogP contribution >= 0.6 is 0 Å². The average molecular weight is 429 g/mol. The monoisotopic (exact) mass is 429 g/mol. The number of carbonyl (C=O) groups is 3. The third-order valence-electron chi connectivity index (χ3n) is 4.77. The number of imide groups is 1. The van der Waals surface area contributed by atoms with Gasteiger partial charge in [0.15, 0.2) is 23.7 Å². The minimum absolute atomic E-state index is 0.114. The molecule has 11 heteroatoms. The van der Waals surface area contributed by atoms with Gasteiger partial charge in [0.2, 0.25) is 5.91 Å². The molecular formula is C20H17F2N5O4. The van der Waals surface area contributed by atoms with Crippen LogP contribution in [0.15, 0.2) is 52.8 Å². The quantitative estimate of drug-likeness (QED) is 0.710. The maximum absolute atomic E-state index is 13.6. The molecule has 0 saturated carbocycles. The maximum atomic E-state index is 13.6. The first-order valence-corrected chi connectivity index (χ1v) is 9.42. The van der Waals surface area contributed by atoms with E-state index >= 15 is 0 Å². The summed E-state index contributed by atoms with van der Waals surface area (Å²) < 4.78 is 32.1. The Balaban J connectivity index is 1.45. The zero-order valence-corrected chi connectivity index (χ0v) is 16.3. The van der Waals surface area contributed by atoms with Gasteiger partial charge in [-0.1, -0.05) is 5.22 Å². The summed E-state index contributed by atoms with van der Waals surface area (Å²) in [4.78, 5) is 38.6. The number of amides is 3. The van der Waals surface area contributed by atoms with Gasteiger partial charge in [0.1, 0.15) is 12.3 Å². The summed E-state index contributed by atoms with van der Waals surface area (Å²) in [5.41, 5.74) is 0.399.